The van der Waals surface area contributed by atoms with E-state index in [9.17, 15) is 4.79 Å². The number of aromatic nitrogens is 2. The molecule has 3 rings (SSSR count). The van der Waals surface area contributed by atoms with Crippen LogP contribution >= 0.6 is 27.7 Å². The normalized spacial score (nSPS) is 11.8. The lowest BCUT2D eigenvalue weighted by Crippen LogP contribution is -2.22. The summed E-state index contributed by atoms with van der Waals surface area (Å²) in [6.45, 7) is 3.76. The number of aryl methyl sites for hydroxylation is 1. The number of ether oxygens (including phenoxy) is 2. The van der Waals surface area contributed by atoms with Crippen LogP contribution in [0.3, 0.4) is 0 Å². The molecule has 7 nitrogen and oxygen atoms in total. The molecule has 0 aliphatic rings. The molecule has 0 saturated carbocycles. The molecule has 1 aromatic heterocycles. The number of carbonyl (C=O) groups excluding carboxylic acids is 1. The van der Waals surface area contributed by atoms with Crippen LogP contribution in [0.5, 0.6) is 11.5 Å². The van der Waals surface area contributed by atoms with Gasteiger partial charge in [0.2, 0.25) is 5.91 Å². The lowest BCUT2D eigenvalue weighted by atomic mass is 10.2. The largest absolute Gasteiger partial charge is 0.497 e. The molecule has 1 atom stereocenters. The first-order valence-corrected chi connectivity index (χ1v) is 10.4. The topological polar surface area (TPSA) is 86.5 Å². The quantitative estimate of drug-likeness (QED) is 0.481. The van der Waals surface area contributed by atoms with E-state index in [1.807, 2.05) is 25.1 Å². The van der Waals surface area contributed by atoms with Gasteiger partial charge in [-0.2, -0.15) is 0 Å². The molecule has 0 aliphatic heterocycles. The molecule has 0 bridgehead atoms. The molecule has 1 amide bonds. The summed E-state index contributed by atoms with van der Waals surface area (Å²) in [5, 5.41) is 10.9. The summed E-state index contributed by atoms with van der Waals surface area (Å²) in [7, 11) is 3.14. The number of methoxy groups -OCH3 is 2. The monoisotopic (exact) mass is 477 g/mol. The first-order valence-electron chi connectivity index (χ1n) is 8.71. The molecule has 3 aromatic rings. The van der Waals surface area contributed by atoms with Gasteiger partial charge >= 0.3 is 0 Å². The number of anilines is 1. The Morgan fingerprint density at radius 2 is 1.97 bits per heavy atom. The fraction of sp³-hybridized carbons (Fsp3) is 0.250. The van der Waals surface area contributed by atoms with Gasteiger partial charge in [0.25, 0.3) is 11.1 Å². The smallest absolute Gasteiger partial charge is 0.277 e. The molecular formula is C20H20BrN3O4S. The number of nitrogens with zero attached hydrogens (tertiary/aromatic N) is 2. The molecule has 1 heterocycles. The lowest BCUT2D eigenvalue weighted by molar-refractivity contribution is -0.115. The standard InChI is InChI=1S/C20H20BrN3O4S/c1-11-5-8-16(15(21)9-11)22-18(25)12(2)29-20-24-23-19(28-20)14-7-6-13(26-3)10-17(14)27-4/h5-10,12H,1-4H3,(H,22,25). The van der Waals surface area contributed by atoms with Crippen molar-refractivity contribution in [1.82, 2.24) is 10.2 Å². The van der Waals surface area contributed by atoms with Gasteiger partial charge in [0.05, 0.1) is 30.7 Å². The van der Waals surface area contributed by atoms with Crippen LogP contribution in [0.4, 0.5) is 5.69 Å². The maximum atomic E-state index is 12.5. The average Bonchev–Trinajstić information content (AvgIpc) is 3.17. The highest BCUT2D eigenvalue weighted by molar-refractivity contribution is 9.10. The van der Waals surface area contributed by atoms with Crippen LogP contribution in [0.1, 0.15) is 12.5 Å². The summed E-state index contributed by atoms with van der Waals surface area (Å²) in [5.41, 5.74) is 2.46. The van der Waals surface area contributed by atoms with Crippen molar-refractivity contribution in [3.63, 3.8) is 0 Å². The van der Waals surface area contributed by atoms with E-state index in [0.717, 1.165) is 10.0 Å². The molecule has 29 heavy (non-hydrogen) atoms. The van der Waals surface area contributed by atoms with Crippen molar-refractivity contribution in [3.8, 4) is 23.0 Å². The van der Waals surface area contributed by atoms with Gasteiger partial charge < -0.3 is 19.2 Å². The van der Waals surface area contributed by atoms with Crippen molar-refractivity contribution in [2.75, 3.05) is 19.5 Å². The van der Waals surface area contributed by atoms with Gasteiger partial charge in [0, 0.05) is 10.5 Å². The van der Waals surface area contributed by atoms with Crippen LogP contribution in [-0.4, -0.2) is 35.6 Å². The molecule has 0 saturated heterocycles. The van der Waals surface area contributed by atoms with Crippen LogP contribution in [0.2, 0.25) is 0 Å². The average molecular weight is 478 g/mol. The molecule has 0 radical (unpaired) electrons. The van der Waals surface area contributed by atoms with Crippen molar-refractivity contribution in [2.24, 2.45) is 0 Å². The van der Waals surface area contributed by atoms with Crippen LogP contribution in [0.25, 0.3) is 11.5 Å². The summed E-state index contributed by atoms with van der Waals surface area (Å²) < 4.78 is 17.1. The predicted molar refractivity (Wildman–Crippen MR) is 116 cm³/mol. The van der Waals surface area contributed by atoms with E-state index in [1.54, 1.807) is 39.3 Å². The molecule has 1 N–H and O–H groups in total. The number of halogens is 1. The fourth-order valence-corrected chi connectivity index (χ4v) is 3.78. The molecule has 9 heteroatoms. The first kappa shape index (κ1) is 21.2. The van der Waals surface area contributed by atoms with Gasteiger partial charge in [-0.3, -0.25) is 4.79 Å². The van der Waals surface area contributed by atoms with Gasteiger partial charge in [0.1, 0.15) is 11.5 Å². The Morgan fingerprint density at radius 1 is 1.17 bits per heavy atom. The zero-order valence-corrected chi connectivity index (χ0v) is 18.8. The molecule has 0 spiro atoms. The Hall–Kier alpha value is -2.52. The minimum atomic E-state index is -0.436. The van der Waals surface area contributed by atoms with Crippen LogP contribution in [0.15, 0.2) is 50.5 Å². The molecule has 152 valence electrons. The van der Waals surface area contributed by atoms with E-state index < -0.39 is 5.25 Å². The third-order valence-electron chi connectivity index (χ3n) is 4.07. The Balaban J connectivity index is 1.70. The Kier molecular flexibility index (Phi) is 6.81. The highest BCUT2D eigenvalue weighted by atomic mass is 79.9. The van der Waals surface area contributed by atoms with E-state index in [2.05, 4.69) is 31.4 Å². The summed E-state index contributed by atoms with van der Waals surface area (Å²) in [6.07, 6.45) is 0. The minimum Gasteiger partial charge on any atom is -0.497 e. The number of carbonyl (C=O) groups is 1. The van der Waals surface area contributed by atoms with Gasteiger partial charge in [0.15, 0.2) is 0 Å². The molecule has 0 fully saturated rings. The SMILES string of the molecule is COc1ccc(-c2nnc(SC(C)C(=O)Nc3ccc(C)cc3Br)o2)c(OC)c1. The van der Waals surface area contributed by atoms with Crippen LogP contribution < -0.4 is 14.8 Å². The van der Waals surface area contributed by atoms with Crippen LogP contribution in [0, 0.1) is 6.92 Å². The predicted octanol–water partition coefficient (Wildman–Crippen LogP) is 4.94. The first-order chi connectivity index (χ1) is 13.9. The number of thioether (sulfide) groups is 1. The van der Waals surface area contributed by atoms with Crippen molar-refractivity contribution in [3.05, 3.63) is 46.4 Å². The molecule has 1 unspecified atom stereocenters. The summed E-state index contributed by atoms with van der Waals surface area (Å²) in [6, 6.07) is 11.0. The fourth-order valence-electron chi connectivity index (χ4n) is 2.50. The summed E-state index contributed by atoms with van der Waals surface area (Å²) >= 11 is 4.64. The van der Waals surface area contributed by atoms with Crippen molar-refractivity contribution in [2.45, 2.75) is 24.3 Å². The Labute approximate surface area is 181 Å². The van der Waals surface area contributed by atoms with E-state index in [4.69, 9.17) is 13.9 Å². The van der Waals surface area contributed by atoms with Gasteiger partial charge in [-0.05, 0) is 59.6 Å². The van der Waals surface area contributed by atoms with E-state index >= 15 is 0 Å². The summed E-state index contributed by atoms with van der Waals surface area (Å²) in [5.74, 6) is 1.36. The van der Waals surface area contributed by atoms with Crippen molar-refractivity contribution in [1.29, 1.82) is 0 Å². The third kappa shape index (κ3) is 5.10. The minimum absolute atomic E-state index is 0.165. The molecule has 2 aromatic carbocycles. The Morgan fingerprint density at radius 3 is 2.66 bits per heavy atom. The number of hydrogen-bond donors (Lipinski definition) is 1. The van der Waals surface area contributed by atoms with Gasteiger partial charge in [-0.15, -0.1) is 10.2 Å². The molecular weight excluding hydrogens is 458 g/mol. The van der Waals surface area contributed by atoms with E-state index in [-0.39, 0.29) is 5.91 Å². The Bertz CT molecular complexity index is 1020. The number of hydrogen-bond acceptors (Lipinski definition) is 7. The second kappa shape index (κ2) is 9.32. The van der Waals surface area contributed by atoms with Crippen molar-refractivity contribution < 1.29 is 18.7 Å². The highest BCUT2D eigenvalue weighted by Crippen LogP contribution is 2.34. The number of nitrogens with one attached hydrogen (secondary N) is 1. The van der Waals surface area contributed by atoms with Crippen LogP contribution in [-0.2, 0) is 4.79 Å². The van der Waals surface area contributed by atoms with Crippen molar-refractivity contribution >= 4 is 39.3 Å². The number of amides is 1. The third-order valence-corrected chi connectivity index (χ3v) is 5.67. The van der Waals surface area contributed by atoms with Gasteiger partial charge in [-0.1, -0.05) is 17.8 Å². The maximum Gasteiger partial charge on any atom is 0.277 e. The maximum absolute atomic E-state index is 12.5. The van der Waals surface area contributed by atoms with E-state index in [0.29, 0.717) is 33.9 Å². The summed E-state index contributed by atoms with van der Waals surface area (Å²) in [4.78, 5) is 12.5. The number of benzene rings is 2. The van der Waals surface area contributed by atoms with E-state index in [1.165, 1.54) is 11.8 Å². The molecule has 0 aliphatic carbocycles. The zero-order valence-electron chi connectivity index (χ0n) is 16.4. The zero-order chi connectivity index (χ0) is 21.0. The highest BCUT2D eigenvalue weighted by Gasteiger charge is 2.21. The second-order valence-electron chi connectivity index (χ2n) is 6.17. The second-order valence-corrected chi connectivity index (χ2v) is 8.32. The lowest BCUT2D eigenvalue weighted by Gasteiger charge is -2.11. The number of rotatable bonds is 7. The van der Waals surface area contributed by atoms with Gasteiger partial charge in [-0.25, -0.2) is 0 Å².